The van der Waals surface area contributed by atoms with Crippen molar-refractivity contribution in [3.63, 3.8) is 0 Å². The summed E-state index contributed by atoms with van der Waals surface area (Å²) in [6, 6.07) is 4.90. The van der Waals surface area contributed by atoms with Gasteiger partial charge in [0, 0.05) is 33.5 Å². The number of anilines is 1. The largest absolute Gasteiger partial charge is 0.481 e. The van der Waals surface area contributed by atoms with Crippen LogP contribution in [0.15, 0.2) is 35.2 Å². The Morgan fingerprint density at radius 3 is 2.34 bits per heavy atom. The van der Waals surface area contributed by atoms with E-state index >= 15 is 0 Å². The number of carboxylic acids is 1. The van der Waals surface area contributed by atoms with E-state index in [2.05, 4.69) is 5.32 Å². The lowest BCUT2D eigenvalue weighted by Gasteiger charge is -2.26. The fraction of sp³-hybridized carbons (Fsp3) is 0.300. The molecule has 1 aliphatic rings. The molecule has 1 amide bonds. The summed E-state index contributed by atoms with van der Waals surface area (Å²) in [5.74, 6) is -7.17. The van der Waals surface area contributed by atoms with Crippen LogP contribution in [-0.2, 0) is 4.79 Å². The molecular formula is C20H17F4NO3S. The van der Waals surface area contributed by atoms with Gasteiger partial charge >= 0.3 is 5.97 Å². The molecule has 1 saturated carbocycles. The Bertz CT molecular complexity index is 930. The minimum atomic E-state index is -1.64. The van der Waals surface area contributed by atoms with Crippen LogP contribution in [-0.4, -0.2) is 22.2 Å². The number of carbonyl (C=O) groups is 2. The van der Waals surface area contributed by atoms with Crippen LogP contribution >= 0.6 is 11.8 Å². The highest BCUT2D eigenvalue weighted by molar-refractivity contribution is 8.00. The molecule has 0 spiro atoms. The van der Waals surface area contributed by atoms with Crippen LogP contribution in [0.2, 0.25) is 0 Å². The number of hydrogen-bond donors (Lipinski definition) is 2. The van der Waals surface area contributed by atoms with Crippen LogP contribution in [0.3, 0.4) is 0 Å². The minimum absolute atomic E-state index is 0.0460. The lowest BCUT2D eigenvalue weighted by molar-refractivity contribution is -0.142. The number of benzene rings is 2. The first kappa shape index (κ1) is 21.2. The predicted octanol–water partition coefficient (Wildman–Crippen LogP) is 5.23. The maximum atomic E-state index is 14.2. The van der Waals surface area contributed by atoms with Gasteiger partial charge in [-0.25, -0.2) is 17.6 Å². The van der Waals surface area contributed by atoms with Crippen molar-refractivity contribution in [2.45, 2.75) is 35.8 Å². The molecule has 4 nitrogen and oxygen atoms in total. The fourth-order valence-corrected chi connectivity index (χ4v) is 4.57. The molecule has 0 radical (unpaired) electrons. The van der Waals surface area contributed by atoms with Crippen LogP contribution < -0.4 is 5.32 Å². The number of aliphatic carboxylic acids is 1. The average molecular weight is 427 g/mol. The molecule has 0 heterocycles. The lowest BCUT2D eigenvalue weighted by atomic mass is 9.89. The third-order valence-corrected chi connectivity index (χ3v) is 6.03. The Morgan fingerprint density at radius 1 is 1.00 bits per heavy atom. The van der Waals surface area contributed by atoms with Gasteiger partial charge in [-0.3, -0.25) is 9.59 Å². The smallest absolute Gasteiger partial charge is 0.306 e. The molecule has 1 fully saturated rings. The van der Waals surface area contributed by atoms with Crippen molar-refractivity contribution in [3.05, 3.63) is 59.2 Å². The molecule has 0 aliphatic heterocycles. The maximum Gasteiger partial charge on any atom is 0.306 e. The first-order valence-corrected chi connectivity index (χ1v) is 9.77. The van der Waals surface area contributed by atoms with Crippen molar-refractivity contribution in [1.29, 1.82) is 0 Å². The van der Waals surface area contributed by atoms with E-state index in [9.17, 15) is 32.3 Å². The summed E-state index contributed by atoms with van der Waals surface area (Å²) in [7, 11) is 0. The van der Waals surface area contributed by atoms with Gasteiger partial charge in [0.25, 0.3) is 5.91 Å². The summed E-state index contributed by atoms with van der Waals surface area (Å²) in [4.78, 5) is 23.7. The summed E-state index contributed by atoms with van der Waals surface area (Å²) >= 11 is 1.17. The summed E-state index contributed by atoms with van der Waals surface area (Å²) < 4.78 is 53.8. The number of amides is 1. The molecule has 1 aliphatic carbocycles. The predicted molar refractivity (Wildman–Crippen MR) is 99.9 cm³/mol. The standard InChI is InChI=1S/C20H17F4NO3S/c21-14-5-4-10(19(26)25-12-8-15(22)18(24)16(23)9-12)7-17(14)29-13-3-1-2-11(6-13)20(27)28/h4-5,7-9,11,13H,1-3,6H2,(H,25,26)(H,27,28)/t11-,13+/m0/s1. The molecule has 2 aromatic carbocycles. The van der Waals surface area contributed by atoms with E-state index in [1.165, 1.54) is 23.9 Å². The van der Waals surface area contributed by atoms with Crippen molar-refractivity contribution in [2.75, 3.05) is 5.32 Å². The number of carboxylic acid groups (broad SMARTS) is 1. The molecule has 9 heteroatoms. The number of nitrogens with one attached hydrogen (secondary N) is 1. The Morgan fingerprint density at radius 2 is 1.69 bits per heavy atom. The molecule has 0 saturated heterocycles. The molecule has 0 aromatic heterocycles. The summed E-state index contributed by atoms with van der Waals surface area (Å²) in [6.45, 7) is 0. The van der Waals surface area contributed by atoms with E-state index in [0.29, 0.717) is 25.0 Å². The second kappa shape index (κ2) is 8.86. The van der Waals surface area contributed by atoms with Gasteiger partial charge in [-0.15, -0.1) is 11.8 Å². The molecule has 0 unspecified atom stereocenters. The van der Waals surface area contributed by atoms with Gasteiger partial charge in [0.15, 0.2) is 17.5 Å². The summed E-state index contributed by atoms with van der Waals surface area (Å²) in [6.07, 6.45) is 2.45. The van der Waals surface area contributed by atoms with Gasteiger partial charge in [0.2, 0.25) is 0 Å². The highest BCUT2D eigenvalue weighted by atomic mass is 32.2. The maximum absolute atomic E-state index is 14.2. The minimum Gasteiger partial charge on any atom is -0.481 e. The Kier molecular flexibility index (Phi) is 6.46. The van der Waals surface area contributed by atoms with E-state index < -0.39 is 41.1 Å². The first-order valence-electron chi connectivity index (χ1n) is 8.89. The second-order valence-corrected chi connectivity index (χ2v) is 8.14. The highest BCUT2D eigenvalue weighted by Crippen LogP contribution is 2.37. The quantitative estimate of drug-likeness (QED) is 0.507. The van der Waals surface area contributed by atoms with Crippen molar-refractivity contribution >= 4 is 29.3 Å². The monoisotopic (exact) mass is 427 g/mol. The van der Waals surface area contributed by atoms with E-state index in [0.717, 1.165) is 18.9 Å². The number of halogens is 4. The van der Waals surface area contributed by atoms with Crippen molar-refractivity contribution in [3.8, 4) is 0 Å². The van der Waals surface area contributed by atoms with Gasteiger partial charge in [0.1, 0.15) is 5.82 Å². The molecule has 2 aromatic rings. The molecule has 3 rings (SSSR count). The van der Waals surface area contributed by atoms with Crippen molar-refractivity contribution < 1.29 is 32.3 Å². The zero-order valence-corrected chi connectivity index (χ0v) is 15.9. The molecule has 29 heavy (non-hydrogen) atoms. The Labute approximate surface area is 168 Å². The topological polar surface area (TPSA) is 66.4 Å². The van der Waals surface area contributed by atoms with Gasteiger partial charge in [0.05, 0.1) is 5.92 Å². The Hall–Kier alpha value is -2.55. The third-order valence-electron chi connectivity index (χ3n) is 4.70. The average Bonchev–Trinajstić information content (AvgIpc) is 2.68. The molecular weight excluding hydrogens is 410 g/mol. The number of carbonyl (C=O) groups excluding carboxylic acids is 1. The van der Waals surface area contributed by atoms with E-state index in [4.69, 9.17) is 0 Å². The molecule has 2 atom stereocenters. The van der Waals surface area contributed by atoms with Gasteiger partial charge in [-0.05, 0) is 37.5 Å². The SMILES string of the molecule is O=C(Nc1cc(F)c(F)c(F)c1)c1ccc(F)c(S[C@@H]2CCC[C@H](C(=O)O)C2)c1. The molecule has 154 valence electrons. The van der Waals surface area contributed by atoms with Crippen LogP contribution in [0, 0.1) is 29.2 Å². The zero-order valence-electron chi connectivity index (χ0n) is 15.1. The van der Waals surface area contributed by atoms with Crippen LogP contribution in [0.4, 0.5) is 23.2 Å². The normalized spacial score (nSPS) is 19.0. The van der Waals surface area contributed by atoms with Gasteiger partial charge in [-0.1, -0.05) is 6.42 Å². The Balaban J connectivity index is 1.74. The van der Waals surface area contributed by atoms with Gasteiger partial charge < -0.3 is 10.4 Å². The molecule has 0 bridgehead atoms. The van der Waals surface area contributed by atoms with E-state index in [1.807, 2.05) is 0 Å². The van der Waals surface area contributed by atoms with Gasteiger partial charge in [-0.2, -0.15) is 0 Å². The third kappa shape index (κ3) is 5.09. The van der Waals surface area contributed by atoms with Crippen molar-refractivity contribution in [1.82, 2.24) is 0 Å². The first-order chi connectivity index (χ1) is 13.7. The van der Waals surface area contributed by atoms with E-state index in [-0.39, 0.29) is 21.4 Å². The number of hydrogen-bond acceptors (Lipinski definition) is 3. The zero-order chi connectivity index (χ0) is 21.1. The van der Waals surface area contributed by atoms with Crippen LogP contribution in [0.1, 0.15) is 36.0 Å². The summed E-state index contributed by atoms with van der Waals surface area (Å²) in [5.41, 5.74) is -0.230. The lowest BCUT2D eigenvalue weighted by Crippen LogP contribution is -2.24. The number of thioether (sulfide) groups is 1. The van der Waals surface area contributed by atoms with Crippen LogP contribution in [0.5, 0.6) is 0 Å². The highest BCUT2D eigenvalue weighted by Gasteiger charge is 2.28. The number of rotatable bonds is 5. The van der Waals surface area contributed by atoms with E-state index in [1.54, 1.807) is 0 Å². The van der Waals surface area contributed by atoms with Crippen LogP contribution in [0.25, 0.3) is 0 Å². The fourth-order valence-electron chi connectivity index (χ4n) is 3.22. The molecule has 2 N–H and O–H groups in total. The van der Waals surface area contributed by atoms with Crippen molar-refractivity contribution in [2.24, 2.45) is 5.92 Å². The second-order valence-electron chi connectivity index (χ2n) is 6.79. The summed E-state index contributed by atoms with van der Waals surface area (Å²) in [5, 5.41) is 11.3.